The summed E-state index contributed by atoms with van der Waals surface area (Å²) in [5.74, 6) is -0.126. The van der Waals surface area contributed by atoms with Gasteiger partial charge in [0.1, 0.15) is 5.71 Å². The van der Waals surface area contributed by atoms with Crippen molar-refractivity contribution < 1.29 is 0 Å². The molecule has 0 aliphatic carbocycles. The zero-order chi connectivity index (χ0) is 14.5. The topological polar surface area (TPSA) is 103 Å². The summed E-state index contributed by atoms with van der Waals surface area (Å²) in [6.07, 6.45) is 0. The number of nitrogens with two attached hydrogens (primary N) is 3. The van der Waals surface area contributed by atoms with Crippen LogP contribution in [0.4, 0.5) is 5.69 Å². The molecule has 0 aliphatic heterocycles. The Bertz CT molecular complexity index is 675. The van der Waals surface area contributed by atoms with Crippen LogP contribution in [0.3, 0.4) is 0 Å². The van der Waals surface area contributed by atoms with Gasteiger partial charge in [-0.1, -0.05) is 41.9 Å². The van der Waals surface area contributed by atoms with Crippen molar-refractivity contribution in [2.24, 2.45) is 21.7 Å². The van der Waals surface area contributed by atoms with E-state index in [0.29, 0.717) is 16.4 Å². The zero-order valence-electron chi connectivity index (χ0n) is 10.6. The van der Waals surface area contributed by atoms with Crippen molar-refractivity contribution in [2.75, 3.05) is 5.73 Å². The fourth-order valence-corrected chi connectivity index (χ4v) is 1.91. The van der Waals surface area contributed by atoms with Gasteiger partial charge in [0.25, 0.3) is 0 Å². The lowest BCUT2D eigenvalue weighted by molar-refractivity contribution is 1.20. The molecule has 102 valence electrons. The van der Waals surface area contributed by atoms with Crippen molar-refractivity contribution in [2.45, 2.75) is 0 Å². The second-order valence-corrected chi connectivity index (χ2v) is 4.51. The molecule has 0 amide bonds. The number of hydrogen-bond donors (Lipinski definition) is 3. The Labute approximate surface area is 121 Å². The minimum atomic E-state index is -0.126. The predicted octanol–water partition coefficient (Wildman–Crippen LogP) is 1.95. The SMILES string of the molecule is NC(N)=N/N=C(\c1cccc(Cl)c1)c1ccccc1N. The van der Waals surface area contributed by atoms with Crippen LogP contribution >= 0.6 is 11.6 Å². The predicted molar refractivity (Wildman–Crippen MR) is 83.8 cm³/mol. The quantitative estimate of drug-likeness (QED) is 0.348. The van der Waals surface area contributed by atoms with Gasteiger partial charge in [0, 0.05) is 21.8 Å². The van der Waals surface area contributed by atoms with Crippen molar-refractivity contribution in [3.05, 3.63) is 64.7 Å². The highest BCUT2D eigenvalue weighted by Crippen LogP contribution is 2.20. The Balaban J connectivity index is 2.60. The van der Waals surface area contributed by atoms with Crippen molar-refractivity contribution in [3.8, 4) is 0 Å². The summed E-state index contributed by atoms with van der Waals surface area (Å²) < 4.78 is 0. The number of rotatable bonds is 3. The van der Waals surface area contributed by atoms with Gasteiger partial charge in [-0.15, -0.1) is 10.2 Å². The lowest BCUT2D eigenvalue weighted by Crippen LogP contribution is -2.22. The maximum absolute atomic E-state index is 6.01. The molecule has 0 heterocycles. The molecule has 2 aromatic rings. The second kappa shape index (κ2) is 6.08. The summed E-state index contributed by atoms with van der Waals surface area (Å²) in [7, 11) is 0. The first-order chi connectivity index (χ1) is 9.58. The Morgan fingerprint density at radius 2 is 1.70 bits per heavy atom. The van der Waals surface area contributed by atoms with Crippen LogP contribution in [0.2, 0.25) is 5.02 Å². The molecule has 2 aromatic carbocycles. The van der Waals surface area contributed by atoms with E-state index in [2.05, 4.69) is 10.2 Å². The molecule has 6 N–H and O–H groups in total. The summed E-state index contributed by atoms with van der Waals surface area (Å²) >= 11 is 6.01. The number of guanidine groups is 1. The Morgan fingerprint density at radius 3 is 2.35 bits per heavy atom. The molecule has 2 rings (SSSR count). The first-order valence-corrected chi connectivity index (χ1v) is 6.23. The molecule has 5 nitrogen and oxygen atoms in total. The van der Waals surface area contributed by atoms with E-state index in [1.807, 2.05) is 30.3 Å². The van der Waals surface area contributed by atoms with Crippen LogP contribution in [-0.4, -0.2) is 11.7 Å². The van der Waals surface area contributed by atoms with Crippen molar-refractivity contribution in [1.29, 1.82) is 0 Å². The molecule has 0 saturated carbocycles. The summed E-state index contributed by atoms with van der Waals surface area (Å²) in [6, 6.07) is 14.6. The minimum absolute atomic E-state index is 0.126. The molecule has 0 saturated heterocycles. The standard InChI is InChI=1S/C14H14ClN5/c15-10-5-3-4-9(8-10)13(19-20-14(17)18)11-6-1-2-7-12(11)16/h1-8H,16H2,(H4,17,18,20)/b19-13+. The van der Waals surface area contributed by atoms with E-state index >= 15 is 0 Å². The second-order valence-electron chi connectivity index (χ2n) is 4.07. The van der Waals surface area contributed by atoms with Gasteiger partial charge in [-0.05, 0) is 18.2 Å². The first kappa shape index (κ1) is 13.9. The van der Waals surface area contributed by atoms with E-state index in [4.69, 9.17) is 28.8 Å². The third-order valence-corrected chi connectivity index (χ3v) is 2.81. The van der Waals surface area contributed by atoms with Gasteiger partial charge in [0.05, 0.1) is 0 Å². The summed E-state index contributed by atoms with van der Waals surface area (Å²) in [6.45, 7) is 0. The number of benzene rings is 2. The van der Waals surface area contributed by atoms with E-state index in [-0.39, 0.29) is 5.96 Å². The minimum Gasteiger partial charge on any atom is -0.398 e. The molecule has 0 bridgehead atoms. The van der Waals surface area contributed by atoms with Gasteiger partial charge < -0.3 is 17.2 Å². The molecule has 6 heteroatoms. The number of anilines is 1. The Hall–Kier alpha value is -2.53. The third kappa shape index (κ3) is 3.27. The molecule has 0 atom stereocenters. The van der Waals surface area contributed by atoms with Crippen LogP contribution in [0.25, 0.3) is 0 Å². The van der Waals surface area contributed by atoms with E-state index in [1.54, 1.807) is 18.2 Å². The number of halogens is 1. The summed E-state index contributed by atoms with van der Waals surface area (Å²) in [5.41, 5.74) is 19.3. The molecule has 0 aliphatic rings. The van der Waals surface area contributed by atoms with Crippen molar-refractivity contribution in [1.82, 2.24) is 0 Å². The number of hydrogen-bond acceptors (Lipinski definition) is 3. The van der Waals surface area contributed by atoms with Crippen LogP contribution in [0.1, 0.15) is 11.1 Å². The van der Waals surface area contributed by atoms with Crippen LogP contribution in [-0.2, 0) is 0 Å². The summed E-state index contributed by atoms with van der Waals surface area (Å²) in [5, 5.41) is 8.38. The van der Waals surface area contributed by atoms with Crippen LogP contribution in [0, 0.1) is 0 Å². The fraction of sp³-hybridized carbons (Fsp3) is 0. The van der Waals surface area contributed by atoms with E-state index in [1.165, 1.54) is 0 Å². The molecule has 0 unspecified atom stereocenters. The van der Waals surface area contributed by atoms with Gasteiger partial charge >= 0.3 is 0 Å². The molecule has 0 spiro atoms. The highest BCUT2D eigenvalue weighted by atomic mass is 35.5. The normalized spacial score (nSPS) is 11.2. The van der Waals surface area contributed by atoms with Crippen molar-refractivity contribution >= 4 is 29.0 Å². The van der Waals surface area contributed by atoms with Gasteiger partial charge in [-0.25, -0.2) is 0 Å². The maximum atomic E-state index is 6.01. The van der Waals surface area contributed by atoms with E-state index in [0.717, 1.165) is 11.1 Å². The molecular weight excluding hydrogens is 274 g/mol. The molecule has 20 heavy (non-hydrogen) atoms. The van der Waals surface area contributed by atoms with Gasteiger partial charge in [-0.2, -0.15) is 0 Å². The molecule has 0 aromatic heterocycles. The van der Waals surface area contributed by atoms with Crippen molar-refractivity contribution in [3.63, 3.8) is 0 Å². The first-order valence-electron chi connectivity index (χ1n) is 5.85. The zero-order valence-corrected chi connectivity index (χ0v) is 11.4. The van der Waals surface area contributed by atoms with Gasteiger partial charge in [-0.3, -0.25) is 0 Å². The van der Waals surface area contributed by atoms with E-state index < -0.39 is 0 Å². The smallest absolute Gasteiger partial charge is 0.211 e. The maximum Gasteiger partial charge on any atom is 0.211 e. The largest absolute Gasteiger partial charge is 0.398 e. The highest BCUT2D eigenvalue weighted by molar-refractivity contribution is 6.31. The average Bonchev–Trinajstić information content (AvgIpc) is 2.41. The Morgan fingerprint density at radius 1 is 0.950 bits per heavy atom. The number of nitrogen functional groups attached to an aromatic ring is 1. The third-order valence-electron chi connectivity index (χ3n) is 2.58. The van der Waals surface area contributed by atoms with E-state index in [9.17, 15) is 0 Å². The monoisotopic (exact) mass is 287 g/mol. The van der Waals surface area contributed by atoms with Gasteiger partial charge in [0.15, 0.2) is 0 Å². The number of para-hydroxylation sites is 1. The average molecular weight is 288 g/mol. The summed E-state index contributed by atoms with van der Waals surface area (Å²) in [4.78, 5) is 0. The highest BCUT2D eigenvalue weighted by Gasteiger charge is 2.10. The lowest BCUT2D eigenvalue weighted by Gasteiger charge is -2.08. The van der Waals surface area contributed by atoms with Crippen LogP contribution in [0.15, 0.2) is 58.7 Å². The molecule has 0 radical (unpaired) electrons. The van der Waals surface area contributed by atoms with Gasteiger partial charge in [0.2, 0.25) is 5.96 Å². The number of nitrogens with zero attached hydrogens (tertiary/aromatic N) is 2. The fourth-order valence-electron chi connectivity index (χ4n) is 1.72. The molecular formula is C14H14ClN5. The lowest BCUT2D eigenvalue weighted by atomic mass is 10.0. The van der Waals surface area contributed by atoms with Crippen LogP contribution in [0.5, 0.6) is 0 Å². The Kier molecular flexibility index (Phi) is 4.22. The van der Waals surface area contributed by atoms with Crippen LogP contribution < -0.4 is 17.2 Å². The molecule has 0 fully saturated rings.